The molecule has 3 heteroatoms. The molecule has 0 aliphatic heterocycles. The number of hydrogen-bond donors (Lipinski definition) is 3. The quantitative estimate of drug-likeness (QED) is 0.399. The van der Waals surface area contributed by atoms with Crippen molar-refractivity contribution >= 4 is 0 Å². The van der Waals surface area contributed by atoms with Gasteiger partial charge in [-0.1, -0.05) is 70.3 Å². The Balaban J connectivity index is 1.41. The first-order valence-electron chi connectivity index (χ1n) is 11.4. The minimum absolute atomic E-state index is 0.180. The van der Waals surface area contributed by atoms with Crippen LogP contribution < -0.4 is 11.5 Å². The van der Waals surface area contributed by atoms with Gasteiger partial charge in [0.05, 0.1) is 0 Å². The van der Waals surface area contributed by atoms with E-state index in [9.17, 15) is 5.11 Å². The Morgan fingerprint density at radius 2 is 1.30 bits per heavy atom. The molecular weight excluding hydrogens is 332 g/mol. The lowest BCUT2D eigenvalue weighted by molar-refractivity contribution is 0.472. The molecule has 152 valence electrons. The number of phenols is 1. The van der Waals surface area contributed by atoms with E-state index in [1.807, 2.05) is 6.07 Å². The van der Waals surface area contributed by atoms with Gasteiger partial charge in [0.15, 0.2) is 0 Å². The van der Waals surface area contributed by atoms with Crippen LogP contribution in [0.2, 0.25) is 0 Å². The predicted molar refractivity (Wildman–Crippen MR) is 114 cm³/mol. The zero-order chi connectivity index (χ0) is 19.1. The molecule has 5 N–H and O–H groups in total. The normalized spacial score (nSPS) is 19.2. The van der Waals surface area contributed by atoms with Gasteiger partial charge in [0, 0.05) is 12.1 Å². The average molecular weight is 373 g/mol. The lowest BCUT2D eigenvalue weighted by atomic mass is 9.92. The highest BCUT2D eigenvalue weighted by atomic mass is 16.3. The highest BCUT2D eigenvalue weighted by Gasteiger charge is 2.21. The molecule has 2 unspecified atom stereocenters. The highest BCUT2D eigenvalue weighted by molar-refractivity contribution is 5.36. The summed E-state index contributed by atoms with van der Waals surface area (Å²) >= 11 is 0. The van der Waals surface area contributed by atoms with E-state index in [0.29, 0.717) is 5.75 Å². The van der Waals surface area contributed by atoms with Crippen molar-refractivity contribution in [1.82, 2.24) is 0 Å². The van der Waals surface area contributed by atoms with Gasteiger partial charge in [0.25, 0.3) is 0 Å². The van der Waals surface area contributed by atoms with Gasteiger partial charge in [0.1, 0.15) is 5.75 Å². The molecule has 2 aliphatic rings. The molecule has 2 saturated carbocycles. The summed E-state index contributed by atoms with van der Waals surface area (Å²) in [7, 11) is 0. The number of aromatic hydroxyl groups is 1. The third kappa shape index (κ3) is 8.23. The first kappa shape index (κ1) is 20.7. The van der Waals surface area contributed by atoms with Gasteiger partial charge in [-0.2, -0.15) is 0 Å². The van der Waals surface area contributed by atoms with Crippen LogP contribution in [0.25, 0.3) is 0 Å². The Hall–Kier alpha value is -1.06. The van der Waals surface area contributed by atoms with Crippen LogP contribution >= 0.6 is 0 Å². The summed E-state index contributed by atoms with van der Waals surface area (Å²) in [6.45, 7) is 0. The van der Waals surface area contributed by atoms with Crippen LogP contribution in [-0.4, -0.2) is 17.2 Å². The van der Waals surface area contributed by atoms with Gasteiger partial charge in [-0.25, -0.2) is 0 Å². The number of phenolic OH excluding ortho intramolecular Hbond substituents is 1. The molecule has 0 amide bonds. The van der Waals surface area contributed by atoms with E-state index in [0.717, 1.165) is 37.5 Å². The monoisotopic (exact) mass is 372 g/mol. The van der Waals surface area contributed by atoms with Crippen molar-refractivity contribution in [2.24, 2.45) is 23.3 Å². The molecule has 2 fully saturated rings. The Kier molecular flexibility index (Phi) is 8.02. The van der Waals surface area contributed by atoms with Crippen LogP contribution in [0.5, 0.6) is 5.75 Å². The summed E-state index contributed by atoms with van der Waals surface area (Å²) in [5.41, 5.74) is 15.3. The fourth-order valence-corrected chi connectivity index (χ4v) is 4.26. The van der Waals surface area contributed by atoms with E-state index in [1.54, 1.807) is 6.07 Å². The van der Waals surface area contributed by atoms with Crippen molar-refractivity contribution in [2.75, 3.05) is 0 Å². The van der Waals surface area contributed by atoms with E-state index >= 15 is 0 Å². The SMILES string of the molecule is NC(CCCCC1CC1)Cc1ccc(O)cc1CC(N)CCCCC1CC1. The van der Waals surface area contributed by atoms with Gasteiger partial charge in [-0.3, -0.25) is 0 Å². The van der Waals surface area contributed by atoms with Crippen LogP contribution in [0.1, 0.15) is 88.2 Å². The molecule has 1 aromatic rings. The van der Waals surface area contributed by atoms with Gasteiger partial charge >= 0.3 is 0 Å². The van der Waals surface area contributed by atoms with Crippen molar-refractivity contribution in [3.63, 3.8) is 0 Å². The molecule has 0 bridgehead atoms. The smallest absolute Gasteiger partial charge is 0.115 e. The van der Waals surface area contributed by atoms with Crippen LogP contribution in [0.15, 0.2) is 18.2 Å². The minimum Gasteiger partial charge on any atom is -0.508 e. The van der Waals surface area contributed by atoms with Crippen molar-refractivity contribution < 1.29 is 5.11 Å². The molecule has 0 spiro atoms. The Bertz CT molecular complexity index is 565. The van der Waals surface area contributed by atoms with Crippen molar-refractivity contribution in [1.29, 1.82) is 0 Å². The summed E-state index contributed by atoms with van der Waals surface area (Å²) in [5, 5.41) is 9.93. The first-order valence-corrected chi connectivity index (χ1v) is 11.4. The maximum atomic E-state index is 9.93. The zero-order valence-electron chi connectivity index (χ0n) is 17.0. The second-order valence-corrected chi connectivity index (χ2v) is 9.34. The zero-order valence-corrected chi connectivity index (χ0v) is 17.0. The van der Waals surface area contributed by atoms with Gasteiger partial charge in [-0.15, -0.1) is 0 Å². The molecule has 2 atom stereocenters. The molecule has 0 saturated heterocycles. The predicted octanol–water partition coefficient (Wildman–Crippen LogP) is 5.07. The summed E-state index contributed by atoms with van der Waals surface area (Å²) in [6, 6.07) is 6.13. The summed E-state index contributed by atoms with van der Waals surface area (Å²) in [5.74, 6) is 2.38. The lowest BCUT2D eigenvalue weighted by Crippen LogP contribution is -2.26. The average Bonchev–Trinajstić information content (AvgIpc) is 3.53. The fraction of sp³-hybridized carbons (Fsp3) is 0.750. The van der Waals surface area contributed by atoms with Crippen LogP contribution in [-0.2, 0) is 12.8 Å². The molecule has 3 rings (SSSR count). The van der Waals surface area contributed by atoms with Crippen LogP contribution in [0.3, 0.4) is 0 Å². The van der Waals surface area contributed by atoms with E-state index < -0.39 is 0 Å². The van der Waals surface area contributed by atoms with E-state index in [1.165, 1.54) is 75.3 Å². The Morgan fingerprint density at radius 1 is 0.778 bits per heavy atom. The van der Waals surface area contributed by atoms with Crippen molar-refractivity contribution in [3.05, 3.63) is 29.3 Å². The molecule has 2 aliphatic carbocycles. The third-order valence-electron chi connectivity index (χ3n) is 6.42. The first-order chi connectivity index (χ1) is 13.1. The number of unbranched alkanes of at least 4 members (excludes halogenated alkanes) is 2. The van der Waals surface area contributed by atoms with E-state index in [-0.39, 0.29) is 12.1 Å². The third-order valence-corrected chi connectivity index (χ3v) is 6.42. The number of benzene rings is 1. The van der Waals surface area contributed by atoms with Crippen molar-refractivity contribution in [2.45, 2.75) is 102 Å². The number of rotatable bonds is 14. The lowest BCUT2D eigenvalue weighted by Gasteiger charge is -2.18. The fourth-order valence-electron chi connectivity index (χ4n) is 4.26. The number of hydrogen-bond acceptors (Lipinski definition) is 3. The largest absolute Gasteiger partial charge is 0.508 e. The minimum atomic E-state index is 0.180. The Labute approximate surface area is 165 Å². The summed E-state index contributed by atoms with van der Waals surface area (Å²) in [6.07, 6.45) is 17.6. The molecular formula is C24H40N2O. The maximum Gasteiger partial charge on any atom is 0.115 e. The second kappa shape index (κ2) is 10.5. The molecule has 27 heavy (non-hydrogen) atoms. The van der Waals surface area contributed by atoms with Gasteiger partial charge in [-0.05, 0) is 60.8 Å². The van der Waals surface area contributed by atoms with E-state index in [4.69, 9.17) is 11.5 Å². The molecule has 0 aromatic heterocycles. The topological polar surface area (TPSA) is 72.3 Å². The summed E-state index contributed by atoms with van der Waals surface area (Å²) < 4.78 is 0. The van der Waals surface area contributed by atoms with Crippen LogP contribution in [0.4, 0.5) is 0 Å². The van der Waals surface area contributed by atoms with Gasteiger partial charge < -0.3 is 16.6 Å². The van der Waals surface area contributed by atoms with Crippen molar-refractivity contribution in [3.8, 4) is 5.75 Å². The molecule has 0 radical (unpaired) electrons. The maximum absolute atomic E-state index is 9.93. The second-order valence-electron chi connectivity index (χ2n) is 9.34. The molecule has 1 aromatic carbocycles. The van der Waals surface area contributed by atoms with Gasteiger partial charge in [0.2, 0.25) is 0 Å². The molecule has 3 nitrogen and oxygen atoms in total. The summed E-state index contributed by atoms with van der Waals surface area (Å²) in [4.78, 5) is 0. The standard InChI is InChI=1S/C24H40N2O/c25-22(7-3-1-5-18-9-10-18)15-20-13-14-24(27)17-21(20)16-23(26)8-4-2-6-19-11-12-19/h13-14,17-19,22-23,27H,1-12,15-16,25-26H2. The highest BCUT2D eigenvalue weighted by Crippen LogP contribution is 2.34. The van der Waals surface area contributed by atoms with Crippen LogP contribution in [0, 0.1) is 11.8 Å². The Morgan fingerprint density at radius 3 is 1.81 bits per heavy atom. The van der Waals surface area contributed by atoms with E-state index in [2.05, 4.69) is 6.07 Å². The number of nitrogens with two attached hydrogens (primary N) is 2. The molecule has 0 heterocycles.